The molecule has 51 heteroatoms. The number of carbonyl (C=O) groups is 13. The smallest absolute Gasteiger partial charge is 0.245 e. The Morgan fingerprint density at radius 1 is 0.300 bits per heavy atom. The van der Waals surface area contributed by atoms with E-state index in [-0.39, 0.29) is 12.2 Å². The van der Waals surface area contributed by atoms with Crippen molar-refractivity contribution >= 4 is 124 Å². The van der Waals surface area contributed by atoms with Gasteiger partial charge in [0.05, 0.1) is 19.6 Å². The van der Waals surface area contributed by atoms with E-state index in [0.717, 1.165) is 6.92 Å². The molecule has 51 nitrogen and oxygen atoms in total. The normalized spacial score (nSPS) is 13.0. The van der Waals surface area contributed by atoms with Crippen molar-refractivity contribution < 1.29 is 67.4 Å². The monoisotopic (exact) mass is 1420 g/mol. The van der Waals surface area contributed by atoms with Crippen molar-refractivity contribution in [3.8, 4) is 5.75 Å². The molecule has 0 aromatic heterocycles. The van der Waals surface area contributed by atoms with Crippen LogP contribution < -0.4 is 158 Å². The predicted molar refractivity (Wildman–Crippen MR) is 352 cm³/mol. The minimum Gasteiger partial charge on any atom is -0.508 e. The van der Waals surface area contributed by atoms with Crippen LogP contribution in [0.5, 0.6) is 5.75 Å². The van der Waals surface area contributed by atoms with Crippen molar-refractivity contribution in [3.63, 3.8) is 0 Å². The Morgan fingerprint density at radius 3 is 0.800 bits per heavy atom. The molecule has 0 aliphatic carbocycles. The van der Waals surface area contributed by atoms with Gasteiger partial charge in [-0.15, -0.1) is 0 Å². The van der Waals surface area contributed by atoms with Gasteiger partial charge in [0, 0.05) is 65.7 Å². The van der Waals surface area contributed by atoms with Crippen molar-refractivity contribution in [1.82, 2.24) is 106 Å². The van der Waals surface area contributed by atoms with Gasteiger partial charge in [-0.2, -0.15) is 0 Å². The predicted octanol–water partition coefficient (Wildman–Crippen LogP) is -19.0. The van der Waals surface area contributed by atoms with E-state index in [9.17, 15) is 67.4 Å². The van der Waals surface area contributed by atoms with Crippen LogP contribution in [-0.2, 0) is 68.7 Å². The van der Waals surface area contributed by atoms with Gasteiger partial charge in [-0.1, -0.05) is 12.1 Å². The molecular formula is C49H87N37O14. The van der Waals surface area contributed by atoms with Crippen LogP contribution in [-0.4, -0.2) is 256 Å². The number of amides is 13. The minimum atomic E-state index is -1.90. The summed E-state index contributed by atoms with van der Waals surface area (Å²) in [5.41, 5.74) is 49.2. The molecule has 0 aliphatic heterocycles. The van der Waals surface area contributed by atoms with Crippen LogP contribution in [0.4, 0.5) is 0 Å². The quantitative estimate of drug-likeness (QED) is 0.0213. The zero-order valence-corrected chi connectivity index (χ0v) is 53.4. The zero-order chi connectivity index (χ0) is 75.9. The number of aromatic hydroxyl groups is 1. The third-order valence-electron chi connectivity index (χ3n) is 12.5. The number of phenolic OH excluding ortho intramolecular Hbond substituents is 1. The van der Waals surface area contributed by atoms with Gasteiger partial charge in [-0.3, -0.25) is 106 Å². The van der Waals surface area contributed by atoms with Crippen molar-refractivity contribution in [1.29, 1.82) is 43.3 Å². The Morgan fingerprint density at radius 2 is 0.530 bits per heavy atom. The molecule has 1 rings (SSSR count). The summed E-state index contributed by atoms with van der Waals surface area (Å²) in [6, 6.07) is -9.72. The van der Waals surface area contributed by atoms with Crippen LogP contribution in [0.15, 0.2) is 24.3 Å². The lowest BCUT2D eigenvalue weighted by atomic mass is 10.0. The fourth-order valence-electron chi connectivity index (χ4n) is 7.65. The molecule has 0 radical (unpaired) electrons. The molecule has 1 aromatic carbocycles. The number of primary amides is 1. The molecule has 1 aromatic rings. The molecule has 0 saturated carbocycles. The molecule has 0 fully saturated rings. The summed E-state index contributed by atoms with van der Waals surface area (Å²) >= 11 is 0. The van der Waals surface area contributed by atoms with Gasteiger partial charge in [0.25, 0.3) is 0 Å². The standard InChI is InChI=1S/C49H87N37O14/c1-18(87)78-21(6-19-2-4-20(88)5-3-19)34(93)68-15-30(89)67-16-31(90)79-24(9-72-44(55)56)36(95)83-29(14-77-49(65)66)41(100)86-27(12-75-47(61)62)39(98)82-23(8-71-43(53)54)35(94)69-17-32(91)80-25(10-73-45(57)58)37(96)84-28(13-76-48(63)64)40(99)85-26(11-74-46(59)60)38(97)81-22(33(50)92)7-70-42(51)52/h2-5,21-29,88H,6-17H2,1H3,(H2,50,92)(H,67,89)(H,68,93)(H,69,94)(H,78,87)(H,79,90)(H,80,91)(H,81,97)(H,82,98)(H,83,95)(H,84,96)(H,85,99)(H,86,100)(H4,51,52,70)(H4,53,54,71)(H4,55,56,72)(H4,57,58,73)(H4,59,60,74)(H4,61,62,75)(H4,63,64,76)(H4,65,66,77)/t21-,22-,23-,24-,25-,26-,27-,28-,29-/m0/s1. The van der Waals surface area contributed by atoms with E-state index < -0.39 is 251 Å². The maximum atomic E-state index is 14.1. The number of benzene rings is 1. The van der Waals surface area contributed by atoms with Crippen LogP contribution in [0.1, 0.15) is 12.5 Å². The highest BCUT2D eigenvalue weighted by Crippen LogP contribution is 2.12. The van der Waals surface area contributed by atoms with Crippen LogP contribution >= 0.6 is 0 Å². The van der Waals surface area contributed by atoms with Crippen molar-refractivity contribution in [2.75, 3.05) is 72.0 Å². The first kappa shape index (κ1) is 84.3. The first-order chi connectivity index (χ1) is 46.8. The third kappa shape index (κ3) is 36.1. The Balaban J connectivity index is 3.43. The number of rotatable bonds is 42. The summed E-state index contributed by atoms with van der Waals surface area (Å²) in [4.78, 5) is 173. The lowest BCUT2D eigenvalue weighted by molar-refractivity contribution is -0.135. The molecule has 0 heterocycles. The summed E-state index contributed by atoms with van der Waals surface area (Å²) in [7, 11) is 0. The van der Waals surface area contributed by atoms with Crippen LogP contribution in [0, 0.1) is 43.3 Å². The van der Waals surface area contributed by atoms with E-state index in [1.165, 1.54) is 24.3 Å². The minimum absolute atomic E-state index is 0.0392. The van der Waals surface area contributed by atoms with Gasteiger partial charge in [0.1, 0.15) is 60.1 Å². The van der Waals surface area contributed by atoms with E-state index >= 15 is 0 Å². The molecule has 0 aliphatic rings. The third-order valence-corrected chi connectivity index (χ3v) is 12.5. The lowest BCUT2D eigenvalue weighted by Gasteiger charge is -2.27. The van der Waals surface area contributed by atoms with Crippen molar-refractivity contribution in [2.45, 2.75) is 67.7 Å². The first-order valence-corrected chi connectivity index (χ1v) is 29.0. The lowest BCUT2D eigenvalue weighted by Crippen LogP contribution is -2.64. The summed E-state index contributed by atoms with van der Waals surface area (Å²) in [5.74, 6) is -20.1. The fraction of sp³-hybridized carbons (Fsp3) is 0.449. The van der Waals surface area contributed by atoms with Gasteiger partial charge in [-0.25, -0.2) is 0 Å². The molecule has 100 heavy (non-hydrogen) atoms. The highest BCUT2D eigenvalue weighted by Gasteiger charge is 2.35. The molecule has 0 bridgehead atoms. The molecule has 0 unspecified atom stereocenters. The Hall–Kier alpha value is -13.7. The molecule has 0 spiro atoms. The number of phenols is 1. The molecule has 9 atom stereocenters. The highest BCUT2D eigenvalue weighted by molar-refractivity contribution is 6.00. The highest BCUT2D eigenvalue weighted by atomic mass is 16.3. The fourth-order valence-corrected chi connectivity index (χ4v) is 7.65. The molecule has 13 amide bonds. The summed E-state index contributed by atoms with van der Waals surface area (Å²) < 4.78 is 0. The number of guanidine groups is 8. The van der Waals surface area contributed by atoms with Crippen LogP contribution in [0.3, 0.4) is 0 Å². The van der Waals surface area contributed by atoms with Gasteiger partial charge < -0.3 is 163 Å². The van der Waals surface area contributed by atoms with Crippen LogP contribution in [0.25, 0.3) is 0 Å². The van der Waals surface area contributed by atoms with E-state index in [1.807, 2.05) is 0 Å². The van der Waals surface area contributed by atoms with Gasteiger partial charge in [0.2, 0.25) is 76.8 Å². The maximum Gasteiger partial charge on any atom is 0.245 e. The van der Waals surface area contributed by atoms with Gasteiger partial charge in [-0.05, 0) is 17.7 Å². The number of hydrogen-bond donors (Lipinski definition) is 38. The number of nitrogens with one attached hydrogen (secondary N) is 28. The topological polar surface area (TPSA) is 908 Å². The van der Waals surface area contributed by atoms with E-state index in [4.69, 9.17) is 94.9 Å². The van der Waals surface area contributed by atoms with Crippen molar-refractivity contribution in [3.05, 3.63) is 29.8 Å². The SMILES string of the molecule is CC(=O)N[C@@H](Cc1ccc(O)cc1)C(=O)NCC(=O)NCC(=O)N[C@@H](CNC(=N)N)C(=O)N[C@@H](CNC(=N)N)C(=O)N[C@@H](CNC(=N)N)C(=O)N[C@@H](CNC(=N)N)C(=O)NCC(=O)N[C@@H](CNC(=N)N)C(=O)N[C@@H](CNC(=N)N)C(=O)N[C@@H](CNC(=N)N)C(=O)N[C@@H](CNC(=N)N)C(N)=O. The van der Waals surface area contributed by atoms with E-state index in [0.29, 0.717) is 5.56 Å². The van der Waals surface area contributed by atoms with Crippen molar-refractivity contribution in [2.24, 2.45) is 51.6 Å². The first-order valence-electron chi connectivity index (χ1n) is 29.0. The Kier molecular flexibility index (Phi) is 36.5. The summed E-state index contributed by atoms with van der Waals surface area (Å²) in [5, 5.41) is 116. The molecule has 0 saturated heterocycles. The molecular weight excluding hydrogens is 1330 g/mol. The van der Waals surface area contributed by atoms with Gasteiger partial charge >= 0.3 is 0 Å². The summed E-state index contributed by atoms with van der Waals surface area (Å²) in [6.07, 6.45) is -0.0392. The second-order valence-corrected chi connectivity index (χ2v) is 20.7. The number of hydrogen-bond acceptors (Lipinski definition) is 22. The number of carbonyl (C=O) groups excluding carboxylic acids is 13. The van der Waals surface area contributed by atoms with Gasteiger partial charge in [0.15, 0.2) is 47.7 Å². The molecule has 47 N–H and O–H groups in total. The zero-order valence-electron chi connectivity index (χ0n) is 53.4. The Labute approximate surface area is 567 Å². The number of nitrogens with two attached hydrogens (primary N) is 9. The largest absolute Gasteiger partial charge is 0.508 e. The van der Waals surface area contributed by atoms with E-state index in [2.05, 4.69) is 106 Å². The second kappa shape index (κ2) is 43.3. The average Bonchev–Trinajstić information content (AvgIpc) is 0.866. The maximum absolute atomic E-state index is 14.1. The second-order valence-electron chi connectivity index (χ2n) is 20.7. The Bertz CT molecular complexity index is 3210. The average molecular weight is 1420 g/mol. The molecule has 552 valence electrons. The summed E-state index contributed by atoms with van der Waals surface area (Å²) in [6.45, 7) is -6.85. The van der Waals surface area contributed by atoms with Crippen LogP contribution in [0.2, 0.25) is 0 Å². The van der Waals surface area contributed by atoms with E-state index in [1.54, 1.807) is 0 Å².